The monoisotopic (exact) mass is 410 g/mol. The second-order valence-corrected chi connectivity index (χ2v) is 8.58. The molecule has 1 N–H and O–H groups in total. The maximum atomic E-state index is 12.6. The van der Waals surface area contributed by atoms with Crippen molar-refractivity contribution in [2.75, 3.05) is 16.8 Å². The number of ether oxygens (including phenoxy) is 1. The first-order valence-electron chi connectivity index (χ1n) is 9.32. The van der Waals surface area contributed by atoms with Gasteiger partial charge in [0.05, 0.1) is 0 Å². The zero-order valence-corrected chi connectivity index (χ0v) is 16.7. The highest BCUT2D eigenvalue weighted by molar-refractivity contribution is 7.10. The summed E-state index contributed by atoms with van der Waals surface area (Å²) >= 11 is 7.87. The zero-order chi connectivity index (χ0) is 19.1. The highest BCUT2D eigenvalue weighted by Crippen LogP contribution is 2.32. The summed E-state index contributed by atoms with van der Waals surface area (Å²) in [6.45, 7) is 1.97. The van der Waals surface area contributed by atoms with Crippen molar-refractivity contribution < 1.29 is 9.53 Å². The van der Waals surface area contributed by atoms with Crippen molar-refractivity contribution in [3.8, 4) is 5.75 Å². The maximum Gasteiger partial charge on any atom is 0.265 e. The van der Waals surface area contributed by atoms with Crippen LogP contribution in [0.15, 0.2) is 53.9 Å². The average Bonchev–Trinajstić information content (AvgIpc) is 3.34. The summed E-state index contributed by atoms with van der Waals surface area (Å²) in [5.74, 6) is 0.596. The van der Waals surface area contributed by atoms with Gasteiger partial charge in [-0.3, -0.25) is 4.79 Å². The third-order valence-electron chi connectivity index (χ3n) is 5.30. The lowest BCUT2D eigenvalue weighted by molar-refractivity contribution is -0.122. The van der Waals surface area contributed by atoms with Crippen LogP contribution in [-0.2, 0) is 24.2 Å². The van der Waals surface area contributed by atoms with Gasteiger partial charge in [0.25, 0.3) is 5.91 Å². The van der Waals surface area contributed by atoms with Crippen LogP contribution in [0.4, 0.5) is 11.4 Å². The number of amides is 1. The second-order valence-electron chi connectivity index (χ2n) is 7.14. The number of nitrogens with one attached hydrogen (secondary N) is 1. The molecule has 1 amide bonds. The normalized spacial score (nSPS) is 17.6. The van der Waals surface area contributed by atoms with E-state index in [9.17, 15) is 4.79 Å². The highest BCUT2D eigenvalue weighted by atomic mass is 35.5. The molecule has 0 fully saturated rings. The number of carbonyl (C=O) groups is 1. The van der Waals surface area contributed by atoms with Crippen LogP contribution in [0.3, 0.4) is 0 Å². The summed E-state index contributed by atoms with van der Waals surface area (Å²) in [7, 11) is 0. The molecule has 1 aromatic heterocycles. The molecule has 28 heavy (non-hydrogen) atoms. The number of anilines is 2. The van der Waals surface area contributed by atoms with E-state index in [1.54, 1.807) is 6.07 Å². The predicted octanol–water partition coefficient (Wildman–Crippen LogP) is 4.91. The van der Waals surface area contributed by atoms with Crippen LogP contribution in [0.1, 0.15) is 16.0 Å². The molecule has 0 aliphatic carbocycles. The Morgan fingerprint density at radius 3 is 2.86 bits per heavy atom. The molecule has 2 aromatic carbocycles. The molecule has 142 valence electrons. The van der Waals surface area contributed by atoms with Gasteiger partial charge in [-0.1, -0.05) is 11.6 Å². The number of hydrogen-bond donors (Lipinski definition) is 1. The van der Waals surface area contributed by atoms with E-state index in [4.69, 9.17) is 16.3 Å². The van der Waals surface area contributed by atoms with Gasteiger partial charge in [0.15, 0.2) is 6.10 Å². The summed E-state index contributed by atoms with van der Waals surface area (Å²) in [5.41, 5.74) is 4.35. The number of nitrogens with zero attached hydrogens (tertiary/aromatic N) is 1. The van der Waals surface area contributed by atoms with Crippen LogP contribution in [0.5, 0.6) is 5.75 Å². The topological polar surface area (TPSA) is 41.6 Å². The highest BCUT2D eigenvalue weighted by Gasteiger charge is 2.29. The fraction of sp³-hybridized carbons (Fsp3) is 0.227. The van der Waals surface area contributed by atoms with Gasteiger partial charge < -0.3 is 15.0 Å². The summed E-state index contributed by atoms with van der Waals surface area (Å²) in [5, 5.41) is 5.79. The van der Waals surface area contributed by atoms with E-state index in [0.29, 0.717) is 11.4 Å². The molecule has 4 nitrogen and oxygen atoms in total. The van der Waals surface area contributed by atoms with E-state index in [1.807, 2.05) is 35.6 Å². The van der Waals surface area contributed by atoms with E-state index in [2.05, 4.69) is 33.8 Å². The second kappa shape index (κ2) is 7.15. The van der Waals surface area contributed by atoms with Gasteiger partial charge in [0.1, 0.15) is 5.75 Å². The quantitative estimate of drug-likeness (QED) is 0.667. The molecule has 1 unspecified atom stereocenters. The van der Waals surface area contributed by atoms with Gasteiger partial charge in [-0.15, -0.1) is 11.3 Å². The predicted molar refractivity (Wildman–Crippen MR) is 114 cm³/mol. The molecule has 3 heterocycles. The van der Waals surface area contributed by atoms with Gasteiger partial charge in [0.2, 0.25) is 0 Å². The van der Waals surface area contributed by atoms with Crippen molar-refractivity contribution in [2.45, 2.75) is 25.5 Å². The minimum Gasteiger partial charge on any atom is -0.480 e. The number of hydrogen-bond acceptors (Lipinski definition) is 4. The lowest BCUT2D eigenvalue weighted by Gasteiger charge is -2.29. The molecule has 0 radical (unpaired) electrons. The Hall–Kier alpha value is -2.50. The van der Waals surface area contributed by atoms with E-state index >= 15 is 0 Å². The van der Waals surface area contributed by atoms with Crippen LogP contribution >= 0.6 is 22.9 Å². The Morgan fingerprint density at radius 1 is 1.14 bits per heavy atom. The van der Waals surface area contributed by atoms with E-state index in [0.717, 1.165) is 36.5 Å². The minimum absolute atomic E-state index is 0.138. The average molecular weight is 411 g/mol. The molecule has 3 aromatic rings. The lowest BCUT2D eigenvalue weighted by atomic mass is 10.1. The molecule has 6 heteroatoms. The molecule has 0 saturated heterocycles. The number of carbonyl (C=O) groups excluding carboxylic acids is 1. The van der Waals surface area contributed by atoms with Crippen LogP contribution < -0.4 is 15.0 Å². The van der Waals surface area contributed by atoms with Gasteiger partial charge in [0, 0.05) is 40.8 Å². The smallest absolute Gasteiger partial charge is 0.265 e. The third-order valence-corrected chi connectivity index (χ3v) is 6.56. The third kappa shape index (κ3) is 3.36. The van der Waals surface area contributed by atoms with Crippen LogP contribution in [0.25, 0.3) is 0 Å². The molecule has 0 saturated carbocycles. The van der Waals surface area contributed by atoms with Gasteiger partial charge in [-0.25, -0.2) is 0 Å². The van der Waals surface area contributed by atoms with E-state index in [-0.39, 0.29) is 5.91 Å². The Balaban J connectivity index is 1.23. The van der Waals surface area contributed by atoms with Crippen molar-refractivity contribution in [2.24, 2.45) is 0 Å². The summed E-state index contributed by atoms with van der Waals surface area (Å²) in [6, 6.07) is 15.7. The fourth-order valence-electron chi connectivity index (χ4n) is 3.81. The Kier molecular flexibility index (Phi) is 4.49. The molecule has 0 spiro atoms. The maximum absolute atomic E-state index is 12.6. The van der Waals surface area contributed by atoms with Crippen LogP contribution in [-0.4, -0.2) is 18.6 Å². The Bertz CT molecular complexity index is 1030. The lowest BCUT2D eigenvalue weighted by Crippen LogP contribution is -2.31. The number of benzene rings is 2. The molecule has 5 rings (SSSR count). The number of fused-ring (bicyclic) bond motifs is 2. The number of thiophene rings is 1. The van der Waals surface area contributed by atoms with Crippen molar-refractivity contribution in [3.05, 3.63) is 74.9 Å². The van der Waals surface area contributed by atoms with E-state index < -0.39 is 6.10 Å². The molecular weight excluding hydrogens is 392 g/mol. The van der Waals surface area contributed by atoms with Crippen molar-refractivity contribution >= 4 is 40.2 Å². The summed E-state index contributed by atoms with van der Waals surface area (Å²) in [4.78, 5) is 16.5. The minimum atomic E-state index is -0.521. The first-order chi connectivity index (χ1) is 13.7. The fourth-order valence-corrected chi connectivity index (χ4v) is 4.89. The van der Waals surface area contributed by atoms with Gasteiger partial charge >= 0.3 is 0 Å². The largest absolute Gasteiger partial charge is 0.480 e. The standard InChI is InChI=1S/C22H19ClN2O2S/c23-16-1-6-19-15(11-16)12-20(27-19)22(26)24-17-2-4-18(5-3-17)25-9-7-21-14(13-25)8-10-28-21/h1-6,8,10-11,20H,7,9,12-13H2,(H,24,26). The summed E-state index contributed by atoms with van der Waals surface area (Å²) < 4.78 is 5.76. The Morgan fingerprint density at radius 2 is 2.00 bits per heavy atom. The van der Waals surface area contributed by atoms with Gasteiger partial charge in [-0.2, -0.15) is 0 Å². The molecular formula is C22H19ClN2O2S. The number of halogens is 1. The van der Waals surface area contributed by atoms with Crippen molar-refractivity contribution in [3.63, 3.8) is 0 Å². The van der Waals surface area contributed by atoms with E-state index in [1.165, 1.54) is 16.1 Å². The first-order valence-corrected chi connectivity index (χ1v) is 10.6. The molecule has 0 bridgehead atoms. The first kappa shape index (κ1) is 17.6. The molecule has 1 atom stereocenters. The molecule has 2 aliphatic rings. The van der Waals surface area contributed by atoms with Crippen LogP contribution in [0, 0.1) is 0 Å². The van der Waals surface area contributed by atoms with Gasteiger partial charge in [-0.05, 0) is 71.5 Å². The summed E-state index contributed by atoms with van der Waals surface area (Å²) in [6.07, 6.45) is 1.11. The van der Waals surface area contributed by atoms with Crippen molar-refractivity contribution in [1.82, 2.24) is 0 Å². The Labute approximate surface area is 172 Å². The zero-order valence-electron chi connectivity index (χ0n) is 15.2. The number of rotatable bonds is 3. The van der Waals surface area contributed by atoms with Crippen molar-refractivity contribution in [1.29, 1.82) is 0 Å². The SMILES string of the molecule is O=C(Nc1ccc(N2CCc3sccc3C2)cc1)C1Cc2cc(Cl)ccc2O1. The van der Waals surface area contributed by atoms with Crippen LogP contribution in [0.2, 0.25) is 5.02 Å². The molecule has 2 aliphatic heterocycles.